The first-order chi connectivity index (χ1) is 20.6. The summed E-state index contributed by atoms with van der Waals surface area (Å²) >= 11 is 0.868. The van der Waals surface area contributed by atoms with Gasteiger partial charge in [0.2, 0.25) is 0 Å². The van der Waals surface area contributed by atoms with Crippen LogP contribution >= 0.6 is 22.6 Å². The first-order valence-electron chi connectivity index (χ1n) is 13.4. The molecular weight excluding hydrogens is 682 g/mol. The minimum Gasteiger partial charge on any atom is -0.425 e. The SMILES string of the molecule is O=C(NCc1cc(C2CC2)ccn1)c1cn(CCC(F)Cn2cc(C(=O)NCc3cccc(OC(F)(F)I)c3)nn2)nn1. The van der Waals surface area contributed by atoms with E-state index in [0.717, 1.165) is 28.3 Å². The normalized spacial score (nSPS) is 13.9. The number of rotatable bonds is 14. The predicted molar refractivity (Wildman–Crippen MR) is 154 cm³/mol. The fourth-order valence-electron chi connectivity index (χ4n) is 4.22. The summed E-state index contributed by atoms with van der Waals surface area (Å²) in [5.74, 6) is -0.420. The van der Waals surface area contributed by atoms with Crippen LogP contribution in [0.5, 0.6) is 5.75 Å². The number of nitrogens with zero attached hydrogens (tertiary/aromatic N) is 7. The predicted octanol–water partition coefficient (Wildman–Crippen LogP) is 3.79. The molecule has 1 aromatic carbocycles. The van der Waals surface area contributed by atoms with Crippen molar-refractivity contribution < 1.29 is 27.5 Å². The molecule has 12 nitrogen and oxygen atoms in total. The Morgan fingerprint density at radius 2 is 1.72 bits per heavy atom. The molecule has 1 aliphatic carbocycles. The van der Waals surface area contributed by atoms with E-state index in [1.165, 1.54) is 58.4 Å². The van der Waals surface area contributed by atoms with Gasteiger partial charge in [0, 0.05) is 25.7 Å². The van der Waals surface area contributed by atoms with E-state index >= 15 is 0 Å². The summed E-state index contributed by atoms with van der Waals surface area (Å²) in [5.41, 5.74) is 2.62. The van der Waals surface area contributed by atoms with Gasteiger partial charge in [0.1, 0.15) is 11.9 Å². The second kappa shape index (κ2) is 13.5. The van der Waals surface area contributed by atoms with Crippen molar-refractivity contribution in [2.45, 2.75) is 61.6 Å². The van der Waals surface area contributed by atoms with Crippen LogP contribution in [0.1, 0.15) is 63.0 Å². The standard InChI is InChI=1S/C27H27F3IN9O3/c28-20(7-9-39-15-23(35-37-39)26(42)34-13-21-11-19(6-8-32-21)18-4-5-18)14-40-16-24(36-38-40)25(41)33-12-17-2-1-3-22(10-17)43-27(29,30)31/h1-3,6,8,10-11,15-16,18,20H,4-5,7,9,12-14H2,(H,33,41)(H,34,42). The van der Waals surface area contributed by atoms with Crippen LogP contribution < -0.4 is 15.4 Å². The van der Waals surface area contributed by atoms with Crippen LogP contribution in [0.3, 0.4) is 0 Å². The number of pyridine rings is 1. The third kappa shape index (κ3) is 9.20. The van der Waals surface area contributed by atoms with Crippen molar-refractivity contribution in [3.63, 3.8) is 0 Å². The smallest absolute Gasteiger partial charge is 0.425 e. The van der Waals surface area contributed by atoms with Gasteiger partial charge in [-0.2, -0.15) is 8.78 Å². The van der Waals surface area contributed by atoms with Gasteiger partial charge < -0.3 is 15.4 Å². The molecule has 226 valence electrons. The number of nitrogens with one attached hydrogen (secondary N) is 2. The first kappa shape index (κ1) is 30.4. The molecule has 1 fully saturated rings. The van der Waals surface area contributed by atoms with Crippen molar-refractivity contribution in [3.8, 4) is 5.75 Å². The van der Waals surface area contributed by atoms with Gasteiger partial charge in [-0.05, 0) is 54.2 Å². The number of carbonyl (C=O) groups is 2. The molecule has 1 aliphatic rings. The van der Waals surface area contributed by atoms with Crippen molar-refractivity contribution in [1.82, 2.24) is 45.6 Å². The van der Waals surface area contributed by atoms with E-state index in [0.29, 0.717) is 11.5 Å². The van der Waals surface area contributed by atoms with Gasteiger partial charge in [0.05, 0.1) is 53.8 Å². The van der Waals surface area contributed by atoms with Crippen molar-refractivity contribution in [2.75, 3.05) is 0 Å². The maximum atomic E-state index is 14.7. The lowest BCUT2D eigenvalue weighted by Gasteiger charge is -2.12. The summed E-state index contributed by atoms with van der Waals surface area (Å²) < 4.78 is 44.6. The number of hydrogen-bond acceptors (Lipinski definition) is 8. The Morgan fingerprint density at radius 3 is 2.44 bits per heavy atom. The molecule has 4 aromatic rings. The second-order valence-corrected chi connectivity index (χ2v) is 11.2. The molecule has 0 bridgehead atoms. The average Bonchev–Trinajstić information content (AvgIpc) is 3.53. The Labute approximate surface area is 257 Å². The van der Waals surface area contributed by atoms with Gasteiger partial charge in [-0.3, -0.25) is 19.3 Å². The Balaban J connectivity index is 1.04. The zero-order valence-corrected chi connectivity index (χ0v) is 24.8. The zero-order valence-electron chi connectivity index (χ0n) is 22.7. The van der Waals surface area contributed by atoms with E-state index < -0.39 is 22.1 Å². The summed E-state index contributed by atoms with van der Waals surface area (Å²) in [5, 5.41) is 20.7. The monoisotopic (exact) mass is 709 g/mol. The number of halogens is 4. The second-order valence-electron chi connectivity index (χ2n) is 9.99. The molecule has 3 aromatic heterocycles. The lowest BCUT2D eigenvalue weighted by atomic mass is 10.1. The number of amides is 2. The fraction of sp³-hybridized carbons (Fsp3) is 0.370. The molecule has 16 heteroatoms. The number of ether oxygens (including phenoxy) is 1. The van der Waals surface area contributed by atoms with E-state index in [1.54, 1.807) is 12.3 Å². The molecule has 1 atom stereocenters. The maximum absolute atomic E-state index is 14.7. The van der Waals surface area contributed by atoms with Crippen LogP contribution in [0.25, 0.3) is 0 Å². The number of benzene rings is 1. The van der Waals surface area contributed by atoms with Crippen molar-refractivity contribution in [3.05, 3.63) is 83.2 Å². The fourth-order valence-corrected chi connectivity index (χ4v) is 4.48. The van der Waals surface area contributed by atoms with Crippen LogP contribution in [-0.2, 0) is 26.2 Å². The summed E-state index contributed by atoms with van der Waals surface area (Å²) in [7, 11) is 0. The number of carbonyl (C=O) groups excluding carboxylic acids is 2. The zero-order chi connectivity index (χ0) is 30.4. The third-order valence-corrected chi connectivity index (χ3v) is 6.72. The number of alkyl halides is 4. The summed E-state index contributed by atoms with van der Waals surface area (Å²) in [6.45, 7) is 0.308. The van der Waals surface area contributed by atoms with Crippen molar-refractivity contribution in [1.29, 1.82) is 0 Å². The quantitative estimate of drug-likeness (QED) is 0.149. The molecule has 0 saturated heterocycles. The molecular formula is C27H27F3IN9O3. The van der Waals surface area contributed by atoms with Crippen LogP contribution in [0, 0.1) is 0 Å². The Hall–Kier alpha value is -4.09. The van der Waals surface area contributed by atoms with Crippen molar-refractivity contribution >= 4 is 34.4 Å². The Bertz CT molecular complexity index is 1570. The average molecular weight is 709 g/mol. The number of aromatic nitrogens is 7. The van der Waals surface area contributed by atoms with Crippen LogP contribution in [0.4, 0.5) is 13.2 Å². The van der Waals surface area contributed by atoms with Gasteiger partial charge in [0.25, 0.3) is 11.8 Å². The summed E-state index contributed by atoms with van der Waals surface area (Å²) in [4.78, 5) is 29.2. The Kier molecular flexibility index (Phi) is 9.52. The highest BCUT2D eigenvalue weighted by Crippen LogP contribution is 2.39. The lowest BCUT2D eigenvalue weighted by Crippen LogP contribution is -2.23. The lowest BCUT2D eigenvalue weighted by molar-refractivity contribution is -0.0692. The molecule has 1 unspecified atom stereocenters. The van der Waals surface area contributed by atoms with Gasteiger partial charge in [0.15, 0.2) is 11.4 Å². The molecule has 43 heavy (non-hydrogen) atoms. The van der Waals surface area contributed by atoms with Gasteiger partial charge in [-0.1, -0.05) is 22.6 Å². The van der Waals surface area contributed by atoms with Crippen LogP contribution in [0.2, 0.25) is 0 Å². The molecule has 2 amide bonds. The molecule has 0 spiro atoms. The van der Waals surface area contributed by atoms with Crippen molar-refractivity contribution in [2.24, 2.45) is 0 Å². The van der Waals surface area contributed by atoms with E-state index in [9.17, 15) is 22.8 Å². The number of hydrogen-bond donors (Lipinski definition) is 2. The highest BCUT2D eigenvalue weighted by Gasteiger charge is 2.26. The number of aryl methyl sites for hydroxylation is 1. The van der Waals surface area contributed by atoms with Crippen LogP contribution in [0.15, 0.2) is 55.0 Å². The maximum Gasteiger partial charge on any atom is 0.451 e. The van der Waals surface area contributed by atoms with E-state index in [1.807, 2.05) is 12.1 Å². The van der Waals surface area contributed by atoms with Crippen LogP contribution in [-0.4, -0.2) is 57.1 Å². The molecule has 0 radical (unpaired) electrons. The minimum atomic E-state index is -3.36. The molecule has 5 rings (SSSR count). The molecule has 2 N–H and O–H groups in total. The van der Waals surface area contributed by atoms with Gasteiger partial charge in [-0.15, -0.1) is 10.2 Å². The largest absolute Gasteiger partial charge is 0.451 e. The topological polar surface area (TPSA) is 142 Å². The highest BCUT2D eigenvalue weighted by atomic mass is 127. The first-order valence-corrected chi connectivity index (χ1v) is 14.5. The van der Waals surface area contributed by atoms with Gasteiger partial charge >= 0.3 is 4.12 Å². The summed E-state index contributed by atoms with van der Waals surface area (Å²) in [6.07, 6.45) is 5.57. The molecule has 1 saturated carbocycles. The summed E-state index contributed by atoms with van der Waals surface area (Å²) in [6, 6.07) is 9.92. The third-order valence-electron chi connectivity index (χ3n) is 6.50. The van der Waals surface area contributed by atoms with E-state index in [-0.39, 0.29) is 49.7 Å². The molecule has 3 heterocycles. The Morgan fingerprint density at radius 1 is 1.02 bits per heavy atom. The van der Waals surface area contributed by atoms with E-state index in [4.69, 9.17) is 0 Å². The highest BCUT2D eigenvalue weighted by molar-refractivity contribution is 14.1. The molecule has 0 aliphatic heterocycles. The van der Waals surface area contributed by atoms with E-state index in [2.05, 4.69) is 41.0 Å². The minimum absolute atomic E-state index is 0.0280. The van der Waals surface area contributed by atoms with Gasteiger partial charge in [-0.25, -0.2) is 9.07 Å².